The van der Waals surface area contributed by atoms with E-state index in [1.165, 1.54) is 12.8 Å². The number of ether oxygens (including phenoxy) is 2. The molecule has 1 unspecified atom stereocenters. The summed E-state index contributed by atoms with van der Waals surface area (Å²) in [5.74, 6) is 1.32. The Hall–Kier alpha value is -1.55. The van der Waals surface area contributed by atoms with E-state index in [0.29, 0.717) is 12.5 Å². The number of carbonyl (C=O) groups is 1. The van der Waals surface area contributed by atoms with Gasteiger partial charge in [-0.1, -0.05) is 12.1 Å². The normalized spacial score (nSPS) is 15.8. The molecule has 1 fully saturated rings. The number of nitrogens with one attached hydrogen (secondary N) is 1. The van der Waals surface area contributed by atoms with E-state index >= 15 is 0 Å². The molecule has 116 valence electrons. The van der Waals surface area contributed by atoms with Gasteiger partial charge in [0.1, 0.15) is 11.8 Å². The fraction of sp³-hybridized carbons (Fsp3) is 0.588. The smallest absolute Gasteiger partial charge is 0.327 e. The van der Waals surface area contributed by atoms with Crippen LogP contribution in [0.25, 0.3) is 0 Å². The van der Waals surface area contributed by atoms with Gasteiger partial charge in [0.2, 0.25) is 0 Å². The molecule has 4 heteroatoms. The summed E-state index contributed by atoms with van der Waals surface area (Å²) >= 11 is 0. The summed E-state index contributed by atoms with van der Waals surface area (Å²) in [6.07, 6.45) is 2.65. The van der Waals surface area contributed by atoms with Crippen LogP contribution in [0, 0.1) is 5.92 Å². The van der Waals surface area contributed by atoms with Crippen LogP contribution in [-0.2, 0) is 9.53 Å². The molecule has 2 rings (SSSR count). The lowest BCUT2D eigenvalue weighted by molar-refractivity contribution is -0.145. The van der Waals surface area contributed by atoms with E-state index in [1.807, 2.05) is 45.0 Å². The standard InChI is InChI=1S/C17H25NO3/c1-4-20-17(19)16(18-11-13-5-6-13)14-7-9-15(10-8-14)21-12(2)3/h7-10,12-13,16,18H,4-6,11H2,1-3H3. The maximum Gasteiger partial charge on any atom is 0.327 e. The zero-order valence-electron chi connectivity index (χ0n) is 13.1. The molecule has 1 aromatic carbocycles. The Balaban J connectivity index is 2.04. The van der Waals surface area contributed by atoms with E-state index in [2.05, 4.69) is 5.32 Å². The second-order valence-electron chi connectivity index (χ2n) is 5.77. The largest absolute Gasteiger partial charge is 0.491 e. The highest BCUT2D eigenvalue weighted by atomic mass is 16.5. The highest BCUT2D eigenvalue weighted by Gasteiger charge is 2.26. The van der Waals surface area contributed by atoms with Crippen LogP contribution >= 0.6 is 0 Å². The first-order valence-corrected chi connectivity index (χ1v) is 7.76. The zero-order valence-corrected chi connectivity index (χ0v) is 13.1. The molecular weight excluding hydrogens is 266 g/mol. The minimum atomic E-state index is -0.390. The molecule has 4 nitrogen and oxygen atoms in total. The summed E-state index contributed by atoms with van der Waals surface area (Å²) < 4.78 is 10.8. The predicted octanol–water partition coefficient (Wildman–Crippen LogP) is 3.08. The molecule has 0 bridgehead atoms. The first-order valence-electron chi connectivity index (χ1n) is 7.76. The topological polar surface area (TPSA) is 47.6 Å². The van der Waals surface area contributed by atoms with Gasteiger partial charge in [-0.2, -0.15) is 0 Å². The predicted molar refractivity (Wildman–Crippen MR) is 82.3 cm³/mol. The van der Waals surface area contributed by atoms with Crippen molar-refractivity contribution in [1.29, 1.82) is 0 Å². The van der Waals surface area contributed by atoms with E-state index in [-0.39, 0.29) is 12.1 Å². The van der Waals surface area contributed by atoms with Crippen LogP contribution < -0.4 is 10.1 Å². The fourth-order valence-electron chi connectivity index (χ4n) is 2.18. The molecular formula is C17H25NO3. The Bertz CT molecular complexity index is 452. The third-order valence-electron chi connectivity index (χ3n) is 3.42. The quantitative estimate of drug-likeness (QED) is 0.748. The molecule has 0 amide bonds. The molecule has 0 aromatic heterocycles. The van der Waals surface area contributed by atoms with Gasteiger partial charge in [-0.15, -0.1) is 0 Å². The van der Waals surface area contributed by atoms with Crippen molar-refractivity contribution in [2.75, 3.05) is 13.2 Å². The fourth-order valence-corrected chi connectivity index (χ4v) is 2.18. The van der Waals surface area contributed by atoms with Crippen LogP contribution in [0.5, 0.6) is 5.75 Å². The lowest BCUT2D eigenvalue weighted by Gasteiger charge is -2.18. The SMILES string of the molecule is CCOC(=O)C(NCC1CC1)c1ccc(OC(C)C)cc1. The van der Waals surface area contributed by atoms with Gasteiger partial charge in [0.25, 0.3) is 0 Å². The second kappa shape index (κ2) is 7.46. The van der Waals surface area contributed by atoms with Crippen molar-refractivity contribution in [3.05, 3.63) is 29.8 Å². The van der Waals surface area contributed by atoms with Crippen LogP contribution in [0.15, 0.2) is 24.3 Å². The third-order valence-corrected chi connectivity index (χ3v) is 3.42. The first-order chi connectivity index (χ1) is 10.1. The van der Waals surface area contributed by atoms with Crippen LogP contribution in [0.3, 0.4) is 0 Å². The summed E-state index contributed by atoms with van der Waals surface area (Å²) in [5.41, 5.74) is 0.921. The van der Waals surface area contributed by atoms with Gasteiger partial charge < -0.3 is 14.8 Å². The number of benzene rings is 1. The van der Waals surface area contributed by atoms with Crippen molar-refractivity contribution in [2.45, 2.75) is 45.8 Å². The van der Waals surface area contributed by atoms with Gasteiger partial charge in [0.05, 0.1) is 12.7 Å². The van der Waals surface area contributed by atoms with E-state index in [9.17, 15) is 4.79 Å². The highest BCUT2D eigenvalue weighted by Crippen LogP contribution is 2.29. The number of carbonyl (C=O) groups excluding carboxylic acids is 1. The maximum absolute atomic E-state index is 12.1. The van der Waals surface area contributed by atoms with Crippen molar-refractivity contribution in [3.8, 4) is 5.75 Å². The molecule has 21 heavy (non-hydrogen) atoms. The molecule has 1 aromatic rings. The van der Waals surface area contributed by atoms with Gasteiger partial charge in [-0.05, 0) is 63.8 Å². The maximum atomic E-state index is 12.1. The molecule has 1 saturated carbocycles. The minimum absolute atomic E-state index is 0.143. The lowest BCUT2D eigenvalue weighted by Crippen LogP contribution is -2.31. The molecule has 0 aliphatic heterocycles. The van der Waals surface area contributed by atoms with E-state index in [0.717, 1.165) is 17.9 Å². The van der Waals surface area contributed by atoms with Crippen molar-refractivity contribution in [1.82, 2.24) is 5.32 Å². The molecule has 0 heterocycles. The Morgan fingerprint density at radius 1 is 1.29 bits per heavy atom. The molecule has 1 aliphatic rings. The van der Waals surface area contributed by atoms with Gasteiger partial charge in [0.15, 0.2) is 0 Å². The first kappa shape index (κ1) is 15.8. The van der Waals surface area contributed by atoms with E-state index < -0.39 is 6.04 Å². The second-order valence-corrected chi connectivity index (χ2v) is 5.77. The molecule has 1 N–H and O–H groups in total. The Morgan fingerprint density at radius 3 is 2.48 bits per heavy atom. The Morgan fingerprint density at radius 2 is 1.95 bits per heavy atom. The number of rotatable bonds is 8. The Kier molecular flexibility index (Phi) is 5.62. The van der Waals surface area contributed by atoms with E-state index in [1.54, 1.807) is 0 Å². The van der Waals surface area contributed by atoms with E-state index in [4.69, 9.17) is 9.47 Å². The molecule has 0 saturated heterocycles. The average Bonchev–Trinajstić information content (AvgIpc) is 3.24. The lowest BCUT2D eigenvalue weighted by atomic mass is 10.1. The summed E-state index contributed by atoms with van der Waals surface area (Å²) in [6, 6.07) is 7.28. The molecule has 0 radical (unpaired) electrons. The molecule has 1 atom stereocenters. The average molecular weight is 291 g/mol. The summed E-state index contributed by atoms with van der Waals surface area (Å²) in [7, 11) is 0. The summed E-state index contributed by atoms with van der Waals surface area (Å²) in [4.78, 5) is 12.1. The van der Waals surface area contributed by atoms with Gasteiger partial charge in [-0.25, -0.2) is 4.79 Å². The number of esters is 1. The van der Waals surface area contributed by atoms with Crippen molar-refractivity contribution >= 4 is 5.97 Å². The summed E-state index contributed by atoms with van der Waals surface area (Å²) in [6.45, 7) is 7.08. The monoisotopic (exact) mass is 291 g/mol. The van der Waals surface area contributed by atoms with Crippen LogP contribution in [0.1, 0.15) is 45.2 Å². The zero-order chi connectivity index (χ0) is 15.2. The van der Waals surface area contributed by atoms with Crippen molar-refractivity contribution in [3.63, 3.8) is 0 Å². The molecule has 1 aliphatic carbocycles. The van der Waals surface area contributed by atoms with Gasteiger partial charge in [0, 0.05) is 0 Å². The summed E-state index contributed by atoms with van der Waals surface area (Å²) in [5, 5.41) is 3.33. The number of hydrogen-bond donors (Lipinski definition) is 1. The van der Waals surface area contributed by atoms with Crippen LogP contribution in [0.2, 0.25) is 0 Å². The van der Waals surface area contributed by atoms with Gasteiger partial charge in [-0.3, -0.25) is 0 Å². The van der Waals surface area contributed by atoms with Crippen LogP contribution in [-0.4, -0.2) is 25.2 Å². The molecule has 0 spiro atoms. The minimum Gasteiger partial charge on any atom is -0.491 e. The highest BCUT2D eigenvalue weighted by molar-refractivity contribution is 5.77. The van der Waals surface area contributed by atoms with Crippen LogP contribution in [0.4, 0.5) is 0 Å². The van der Waals surface area contributed by atoms with Crippen molar-refractivity contribution < 1.29 is 14.3 Å². The van der Waals surface area contributed by atoms with Crippen molar-refractivity contribution in [2.24, 2.45) is 5.92 Å². The number of hydrogen-bond acceptors (Lipinski definition) is 4. The Labute approximate surface area is 126 Å². The third kappa shape index (κ3) is 5.05. The van der Waals surface area contributed by atoms with Gasteiger partial charge >= 0.3 is 5.97 Å².